The number of imidazole rings is 1. The van der Waals surface area contributed by atoms with Crippen LogP contribution in [0.3, 0.4) is 0 Å². The third-order valence-electron chi connectivity index (χ3n) is 7.71. The van der Waals surface area contributed by atoms with Crippen LogP contribution < -0.4 is 15.4 Å². The van der Waals surface area contributed by atoms with E-state index in [0.29, 0.717) is 50.8 Å². The molecule has 2 aromatic carbocycles. The van der Waals surface area contributed by atoms with Gasteiger partial charge in [0.05, 0.1) is 36.5 Å². The zero-order valence-electron chi connectivity index (χ0n) is 26.9. The van der Waals surface area contributed by atoms with E-state index in [1.165, 1.54) is 18.2 Å². The highest BCUT2D eigenvalue weighted by molar-refractivity contribution is 6.32. The molecule has 3 aromatic rings. The Hall–Kier alpha value is -3.65. The van der Waals surface area contributed by atoms with Crippen molar-refractivity contribution in [2.75, 3.05) is 39.4 Å². The van der Waals surface area contributed by atoms with E-state index in [1.54, 1.807) is 13.8 Å². The van der Waals surface area contributed by atoms with E-state index in [4.69, 9.17) is 21.1 Å². The fourth-order valence-corrected chi connectivity index (χ4v) is 5.30. The Bertz CT molecular complexity index is 1520. The molecular formula is C33H41ClF3N5O5. The molecule has 0 spiro atoms. The zero-order valence-corrected chi connectivity index (χ0v) is 27.6. The van der Waals surface area contributed by atoms with Crippen LogP contribution in [0.15, 0.2) is 48.7 Å². The normalized spacial score (nSPS) is 15.6. The molecule has 2 heterocycles. The highest BCUT2D eigenvalue weighted by Crippen LogP contribution is 2.31. The van der Waals surface area contributed by atoms with E-state index in [9.17, 15) is 27.9 Å². The van der Waals surface area contributed by atoms with Crippen LogP contribution in [-0.4, -0.2) is 89.1 Å². The summed E-state index contributed by atoms with van der Waals surface area (Å²) in [6.07, 6.45) is -4.41. The number of hydrogen-bond acceptors (Lipinski definition) is 7. The first-order valence-corrected chi connectivity index (χ1v) is 15.8. The lowest BCUT2D eigenvalue weighted by Gasteiger charge is -2.26. The van der Waals surface area contributed by atoms with Crippen LogP contribution in [0.1, 0.15) is 49.4 Å². The minimum Gasteiger partial charge on any atom is -0.480 e. The Kier molecular flexibility index (Phi) is 11.9. The van der Waals surface area contributed by atoms with Gasteiger partial charge in [0.25, 0.3) is 5.91 Å². The topological polar surface area (TPSA) is 118 Å². The number of ether oxygens (including phenoxy) is 2. The lowest BCUT2D eigenvalue weighted by molar-refractivity contribution is -0.189. The van der Waals surface area contributed by atoms with E-state index >= 15 is 0 Å². The van der Waals surface area contributed by atoms with Crippen molar-refractivity contribution in [3.05, 3.63) is 70.6 Å². The van der Waals surface area contributed by atoms with Crippen LogP contribution >= 0.6 is 11.6 Å². The predicted molar refractivity (Wildman–Crippen MR) is 171 cm³/mol. The summed E-state index contributed by atoms with van der Waals surface area (Å²) in [5, 5.41) is 16.2. The minimum absolute atomic E-state index is 0.121. The highest BCUT2D eigenvalue weighted by Gasteiger charge is 2.38. The molecular weight excluding hydrogens is 639 g/mol. The number of carbonyl (C=O) groups excluding carboxylic acids is 2. The molecule has 1 aromatic heterocycles. The fourth-order valence-electron chi connectivity index (χ4n) is 5.07. The van der Waals surface area contributed by atoms with Gasteiger partial charge in [-0.2, -0.15) is 13.2 Å². The molecule has 3 N–H and O–H groups in total. The average molecular weight is 680 g/mol. The van der Waals surface area contributed by atoms with Crippen molar-refractivity contribution < 1.29 is 37.3 Å². The minimum atomic E-state index is -4.58. The van der Waals surface area contributed by atoms with Crippen LogP contribution in [0.25, 0.3) is 11.3 Å². The summed E-state index contributed by atoms with van der Waals surface area (Å²) >= 11 is 6.18. The Balaban J connectivity index is 1.48. The van der Waals surface area contributed by atoms with Crippen molar-refractivity contribution in [3.63, 3.8) is 0 Å². The van der Waals surface area contributed by atoms with Crippen molar-refractivity contribution in [3.8, 4) is 17.0 Å². The number of nitrogens with one attached hydrogen (secondary N) is 2. The second kappa shape index (κ2) is 15.5. The largest absolute Gasteiger partial charge is 0.480 e. The molecule has 256 valence electrons. The number of aromatic nitrogens is 2. The van der Waals surface area contributed by atoms with Crippen molar-refractivity contribution >= 4 is 23.4 Å². The van der Waals surface area contributed by atoms with E-state index in [0.717, 1.165) is 18.1 Å². The van der Waals surface area contributed by atoms with Gasteiger partial charge in [0.2, 0.25) is 5.91 Å². The average Bonchev–Trinajstić information content (AvgIpc) is 3.47. The van der Waals surface area contributed by atoms with E-state index in [2.05, 4.69) is 15.6 Å². The first-order chi connectivity index (χ1) is 22.1. The van der Waals surface area contributed by atoms with E-state index in [-0.39, 0.29) is 35.3 Å². The maximum atomic E-state index is 13.3. The van der Waals surface area contributed by atoms with Crippen LogP contribution in [-0.2, 0) is 28.1 Å². The quantitative estimate of drug-likeness (QED) is 0.242. The molecule has 0 radical (unpaired) electrons. The van der Waals surface area contributed by atoms with Crippen LogP contribution in [0, 0.1) is 0 Å². The smallest absolute Gasteiger partial charge is 0.425 e. The van der Waals surface area contributed by atoms with Gasteiger partial charge in [0.1, 0.15) is 17.2 Å². The number of amides is 2. The summed E-state index contributed by atoms with van der Waals surface area (Å²) in [7, 11) is 0. The van der Waals surface area contributed by atoms with Gasteiger partial charge in [-0.15, -0.1) is 0 Å². The molecule has 10 nitrogen and oxygen atoms in total. The van der Waals surface area contributed by atoms with Gasteiger partial charge in [0.15, 0.2) is 6.10 Å². The number of aryl methyl sites for hydroxylation is 1. The number of nitrogens with zero attached hydrogens (tertiary/aromatic N) is 3. The number of alkyl halides is 3. The van der Waals surface area contributed by atoms with Crippen LogP contribution in [0.4, 0.5) is 13.2 Å². The molecule has 0 unspecified atom stereocenters. The van der Waals surface area contributed by atoms with E-state index in [1.807, 2.05) is 46.9 Å². The first kappa shape index (κ1) is 36.2. The SMILES string of the molecule is CCn1cc(-c2ccc(C[C@@H](CNC(=O)CN3CCOCC3)NC(=O)c3ccc(O[C@H](C)C(F)(F)F)c(Cl)c3)cc2)nc1C(C)(C)O. The van der Waals surface area contributed by atoms with Crippen molar-refractivity contribution in [2.24, 2.45) is 0 Å². The lowest BCUT2D eigenvalue weighted by Crippen LogP contribution is -2.48. The van der Waals surface area contributed by atoms with Gasteiger partial charge in [-0.3, -0.25) is 14.5 Å². The van der Waals surface area contributed by atoms with Crippen molar-refractivity contribution in [2.45, 2.75) is 64.6 Å². The number of aliphatic hydroxyl groups is 1. The Morgan fingerprint density at radius 2 is 1.81 bits per heavy atom. The van der Waals surface area contributed by atoms with E-state index < -0.39 is 29.8 Å². The van der Waals surface area contributed by atoms with Gasteiger partial charge >= 0.3 is 6.18 Å². The molecule has 1 fully saturated rings. The second-order valence-electron chi connectivity index (χ2n) is 12.0. The molecule has 0 aliphatic carbocycles. The number of halogens is 4. The zero-order chi connectivity index (χ0) is 34.4. The molecule has 0 bridgehead atoms. The third-order valence-corrected chi connectivity index (χ3v) is 8.00. The maximum absolute atomic E-state index is 13.3. The Morgan fingerprint density at radius 3 is 2.38 bits per heavy atom. The number of rotatable bonds is 13. The molecule has 0 saturated carbocycles. The summed E-state index contributed by atoms with van der Waals surface area (Å²) in [6, 6.07) is 10.9. The standard InChI is InChI=1S/C33H41ClF3N5O5/c1-5-42-19-27(40-31(42)32(3,4)45)23-8-6-22(7-9-23)16-25(18-38-29(43)20-41-12-14-46-15-13-41)39-30(44)24-10-11-28(26(34)17-24)47-21(2)33(35,36)37/h6-11,17,19,21,25,45H,5,12-16,18,20H2,1-4H3,(H,38,43)(H,39,44)/t21-,25+/m1/s1. The number of carbonyl (C=O) groups is 2. The van der Waals surface area contributed by atoms with Crippen LogP contribution in [0.2, 0.25) is 5.02 Å². The Morgan fingerprint density at radius 1 is 1.13 bits per heavy atom. The number of hydrogen-bond donors (Lipinski definition) is 3. The van der Waals surface area contributed by atoms with Gasteiger partial charge in [-0.1, -0.05) is 35.9 Å². The van der Waals surface area contributed by atoms with Gasteiger partial charge in [-0.05, 0) is 57.9 Å². The van der Waals surface area contributed by atoms with Crippen molar-refractivity contribution in [1.29, 1.82) is 0 Å². The molecule has 4 rings (SSSR count). The third kappa shape index (κ3) is 10.2. The molecule has 47 heavy (non-hydrogen) atoms. The molecule has 14 heteroatoms. The monoisotopic (exact) mass is 679 g/mol. The van der Waals surface area contributed by atoms with Gasteiger partial charge < -0.3 is 29.8 Å². The van der Waals surface area contributed by atoms with Crippen LogP contribution in [0.5, 0.6) is 5.75 Å². The summed E-state index contributed by atoms with van der Waals surface area (Å²) < 4.78 is 51.0. The molecule has 1 aliphatic heterocycles. The summed E-state index contributed by atoms with van der Waals surface area (Å²) in [5.41, 5.74) is 1.45. The molecule has 2 amide bonds. The molecule has 1 aliphatic rings. The number of morpholine rings is 1. The van der Waals surface area contributed by atoms with Gasteiger partial charge in [0, 0.05) is 43.5 Å². The van der Waals surface area contributed by atoms with Crippen molar-refractivity contribution in [1.82, 2.24) is 25.1 Å². The molecule has 2 atom stereocenters. The summed E-state index contributed by atoms with van der Waals surface area (Å²) in [5.74, 6) is -0.350. The summed E-state index contributed by atoms with van der Waals surface area (Å²) in [6.45, 7) is 9.60. The second-order valence-corrected chi connectivity index (χ2v) is 12.4. The lowest BCUT2D eigenvalue weighted by atomic mass is 10.0. The van der Waals surface area contributed by atoms with Gasteiger partial charge in [-0.25, -0.2) is 4.98 Å². The fraction of sp³-hybridized carbons (Fsp3) is 0.485. The summed E-state index contributed by atoms with van der Waals surface area (Å²) in [4.78, 5) is 32.7. The predicted octanol–water partition coefficient (Wildman–Crippen LogP) is 4.57. The first-order valence-electron chi connectivity index (χ1n) is 15.4. The number of benzene rings is 2. The molecule has 1 saturated heterocycles. The maximum Gasteiger partial charge on any atom is 0.425 e. The highest BCUT2D eigenvalue weighted by atomic mass is 35.5. The Labute approximate surface area is 277 Å².